The summed E-state index contributed by atoms with van der Waals surface area (Å²) in [5.41, 5.74) is 1.40. The third-order valence-electron chi connectivity index (χ3n) is 3.41. The number of hydrogen-bond acceptors (Lipinski definition) is 3. The summed E-state index contributed by atoms with van der Waals surface area (Å²) in [6.07, 6.45) is 1.71. The van der Waals surface area contributed by atoms with Gasteiger partial charge in [0.05, 0.1) is 11.4 Å². The number of carbonyl (C=O) groups excluding carboxylic acids is 2. The van der Waals surface area contributed by atoms with Gasteiger partial charge in [-0.1, -0.05) is 35.9 Å². The van der Waals surface area contributed by atoms with E-state index >= 15 is 0 Å². The van der Waals surface area contributed by atoms with Crippen LogP contribution in [0, 0.1) is 9.39 Å². The molecule has 3 nitrogen and oxygen atoms in total. The van der Waals surface area contributed by atoms with Gasteiger partial charge in [-0.3, -0.25) is 14.5 Å². The lowest BCUT2D eigenvalue weighted by molar-refractivity contribution is -0.123. The van der Waals surface area contributed by atoms with E-state index in [1.807, 2.05) is 24.3 Å². The molecular formula is C17H10ClFINO2S. The zero-order chi connectivity index (χ0) is 17.3. The molecule has 0 saturated carbocycles. The van der Waals surface area contributed by atoms with Crippen LogP contribution in [-0.4, -0.2) is 16.0 Å². The van der Waals surface area contributed by atoms with Crippen molar-refractivity contribution in [1.29, 1.82) is 0 Å². The maximum atomic E-state index is 13.1. The van der Waals surface area contributed by atoms with Crippen LogP contribution in [0.1, 0.15) is 11.1 Å². The second-order valence-corrected chi connectivity index (χ2v) is 7.59. The summed E-state index contributed by atoms with van der Waals surface area (Å²) in [6.45, 7) is 0.0208. The molecule has 0 atom stereocenters. The van der Waals surface area contributed by atoms with Crippen molar-refractivity contribution < 1.29 is 14.0 Å². The molecule has 1 heterocycles. The zero-order valence-corrected chi connectivity index (χ0v) is 15.9. The molecule has 0 spiro atoms. The highest BCUT2D eigenvalue weighted by atomic mass is 127. The van der Waals surface area contributed by atoms with Gasteiger partial charge in [-0.2, -0.15) is 0 Å². The van der Waals surface area contributed by atoms with E-state index in [-0.39, 0.29) is 22.7 Å². The number of halogens is 3. The van der Waals surface area contributed by atoms with Crippen LogP contribution in [0.25, 0.3) is 6.08 Å². The first-order chi connectivity index (χ1) is 11.5. The highest BCUT2D eigenvalue weighted by Gasteiger charge is 2.35. The van der Waals surface area contributed by atoms with E-state index in [2.05, 4.69) is 22.6 Å². The average Bonchev–Trinajstić information content (AvgIpc) is 2.79. The van der Waals surface area contributed by atoms with Crippen molar-refractivity contribution in [2.75, 3.05) is 0 Å². The van der Waals surface area contributed by atoms with Crippen molar-refractivity contribution in [3.63, 3.8) is 0 Å². The first-order valence-electron chi connectivity index (χ1n) is 6.89. The molecule has 0 aliphatic carbocycles. The number of amides is 2. The Morgan fingerprint density at radius 2 is 1.96 bits per heavy atom. The number of carbonyl (C=O) groups is 2. The fourth-order valence-electron chi connectivity index (χ4n) is 2.19. The van der Waals surface area contributed by atoms with Crippen LogP contribution in [0.2, 0.25) is 5.02 Å². The number of benzene rings is 2. The van der Waals surface area contributed by atoms with Crippen LogP contribution in [0.4, 0.5) is 9.18 Å². The molecule has 2 aromatic carbocycles. The Labute approximate surface area is 161 Å². The first-order valence-corrected chi connectivity index (χ1v) is 9.17. The summed E-state index contributed by atoms with van der Waals surface area (Å²) in [4.78, 5) is 26.2. The SMILES string of the molecule is O=C1S/C(=C\c2ccccc2I)C(=O)N1Cc1ccc(F)cc1Cl. The molecule has 1 aliphatic heterocycles. The minimum absolute atomic E-state index is 0.0208. The minimum atomic E-state index is -0.462. The van der Waals surface area contributed by atoms with Gasteiger partial charge in [0.25, 0.3) is 11.1 Å². The third kappa shape index (κ3) is 3.65. The van der Waals surface area contributed by atoms with Crippen molar-refractivity contribution in [2.45, 2.75) is 6.54 Å². The van der Waals surface area contributed by atoms with Crippen LogP contribution < -0.4 is 0 Å². The number of nitrogens with zero attached hydrogens (tertiary/aromatic N) is 1. The predicted molar refractivity (Wildman–Crippen MR) is 102 cm³/mol. The van der Waals surface area contributed by atoms with Gasteiger partial charge in [0, 0.05) is 8.59 Å². The van der Waals surface area contributed by atoms with Gasteiger partial charge in [-0.15, -0.1) is 0 Å². The molecule has 0 radical (unpaired) electrons. The van der Waals surface area contributed by atoms with Crippen molar-refractivity contribution >= 4 is 63.2 Å². The minimum Gasteiger partial charge on any atom is -0.268 e. The van der Waals surface area contributed by atoms with Crippen molar-refractivity contribution in [3.05, 3.63) is 72.9 Å². The molecule has 1 saturated heterocycles. The van der Waals surface area contributed by atoms with E-state index < -0.39 is 5.82 Å². The van der Waals surface area contributed by atoms with E-state index in [0.717, 1.165) is 31.9 Å². The summed E-state index contributed by atoms with van der Waals surface area (Å²) in [5, 5.41) is -0.173. The van der Waals surface area contributed by atoms with Crippen LogP contribution in [0.15, 0.2) is 47.4 Å². The van der Waals surface area contributed by atoms with Crippen LogP contribution in [0.5, 0.6) is 0 Å². The predicted octanol–water partition coefficient (Wildman–Crippen LogP) is 5.32. The quantitative estimate of drug-likeness (QED) is 0.447. The molecule has 0 aromatic heterocycles. The molecule has 2 amide bonds. The highest BCUT2D eigenvalue weighted by Crippen LogP contribution is 2.34. The molecule has 0 N–H and O–H groups in total. The Kier molecular flexibility index (Phi) is 5.27. The summed E-state index contributed by atoms with van der Waals surface area (Å²) in [6, 6.07) is 11.5. The summed E-state index contributed by atoms with van der Waals surface area (Å²) >= 11 is 9.04. The fraction of sp³-hybridized carbons (Fsp3) is 0.0588. The van der Waals surface area contributed by atoms with Gasteiger partial charge in [-0.25, -0.2) is 4.39 Å². The Hall–Kier alpha value is -1.38. The molecule has 7 heteroatoms. The zero-order valence-electron chi connectivity index (χ0n) is 12.1. The van der Waals surface area contributed by atoms with Gasteiger partial charge in [0.2, 0.25) is 0 Å². The van der Waals surface area contributed by atoms with Gasteiger partial charge < -0.3 is 0 Å². The van der Waals surface area contributed by atoms with Crippen LogP contribution in [0.3, 0.4) is 0 Å². The fourth-order valence-corrected chi connectivity index (χ4v) is 3.79. The molecule has 0 bridgehead atoms. The monoisotopic (exact) mass is 473 g/mol. The second-order valence-electron chi connectivity index (χ2n) is 5.03. The van der Waals surface area contributed by atoms with E-state index in [4.69, 9.17) is 11.6 Å². The molecule has 1 fully saturated rings. The maximum absolute atomic E-state index is 13.1. The Bertz CT molecular complexity index is 871. The van der Waals surface area contributed by atoms with Crippen molar-refractivity contribution in [3.8, 4) is 0 Å². The standard InChI is InChI=1S/C17H10ClFINO2S/c18-13-8-12(19)6-5-11(13)9-21-16(22)15(24-17(21)23)7-10-3-1-2-4-14(10)20/h1-8H,9H2/b15-7-. The highest BCUT2D eigenvalue weighted by molar-refractivity contribution is 14.1. The number of thioether (sulfide) groups is 1. The lowest BCUT2D eigenvalue weighted by Crippen LogP contribution is -2.27. The Balaban J connectivity index is 1.85. The lowest BCUT2D eigenvalue weighted by atomic mass is 10.2. The topological polar surface area (TPSA) is 37.4 Å². The van der Waals surface area contributed by atoms with E-state index in [1.54, 1.807) is 6.08 Å². The Morgan fingerprint density at radius 3 is 2.67 bits per heavy atom. The second kappa shape index (κ2) is 7.25. The molecular weight excluding hydrogens is 464 g/mol. The number of rotatable bonds is 3. The normalized spacial score (nSPS) is 16.3. The van der Waals surface area contributed by atoms with Gasteiger partial charge in [0.1, 0.15) is 5.82 Å². The summed E-state index contributed by atoms with van der Waals surface area (Å²) in [5.74, 6) is -0.832. The number of hydrogen-bond donors (Lipinski definition) is 0. The molecule has 122 valence electrons. The molecule has 1 aliphatic rings. The first kappa shape index (κ1) is 17.4. The smallest absolute Gasteiger partial charge is 0.268 e. The van der Waals surface area contributed by atoms with E-state index in [1.165, 1.54) is 12.1 Å². The Morgan fingerprint density at radius 1 is 1.21 bits per heavy atom. The largest absolute Gasteiger partial charge is 0.293 e. The van der Waals surface area contributed by atoms with E-state index in [0.29, 0.717) is 10.5 Å². The maximum Gasteiger partial charge on any atom is 0.293 e. The van der Waals surface area contributed by atoms with Gasteiger partial charge in [-0.05, 0) is 69.8 Å². The lowest BCUT2D eigenvalue weighted by Gasteiger charge is -2.13. The van der Waals surface area contributed by atoms with E-state index in [9.17, 15) is 14.0 Å². The van der Waals surface area contributed by atoms with Crippen LogP contribution in [-0.2, 0) is 11.3 Å². The van der Waals surface area contributed by atoms with Gasteiger partial charge in [0.15, 0.2) is 0 Å². The molecule has 24 heavy (non-hydrogen) atoms. The average molecular weight is 474 g/mol. The molecule has 0 unspecified atom stereocenters. The molecule has 2 aromatic rings. The third-order valence-corrected chi connectivity index (χ3v) is 5.65. The van der Waals surface area contributed by atoms with Crippen LogP contribution >= 0.6 is 46.0 Å². The number of imide groups is 1. The summed E-state index contributed by atoms with van der Waals surface area (Å²) < 4.78 is 14.1. The summed E-state index contributed by atoms with van der Waals surface area (Å²) in [7, 11) is 0. The van der Waals surface area contributed by atoms with Crippen molar-refractivity contribution in [2.24, 2.45) is 0 Å². The van der Waals surface area contributed by atoms with Gasteiger partial charge >= 0.3 is 0 Å². The van der Waals surface area contributed by atoms with Crippen molar-refractivity contribution in [1.82, 2.24) is 4.90 Å². The molecule has 3 rings (SSSR count).